The Morgan fingerprint density at radius 2 is 0.975 bits per heavy atom. The van der Waals surface area contributed by atoms with Crippen LogP contribution in [0.5, 0.6) is 17.2 Å². The van der Waals surface area contributed by atoms with Crippen molar-refractivity contribution in [1.82, 2.24) is 0 Å². The first-order chi connectivity index (χ1) is 19.5. The van der Waals surface area contributed by atoms with Crippen LogP contribution >= 0.6 is 0 Å². The molecule has 0 aliphatic heterocycles. The largest absolute Gasteiger partial charge is 0.511 e. The molecule has 0 unspecified atom stereocenters. The molecule has 232 valence electrons. The van der Waals surface area contributed by atoms with Gasteiger partial charge in [0.2, 0.25) is 0 Å². The van der Waals surface area contributed by atoms with Gasteiger partial charge >= 0.3 is 6.16 Å². The van der Waals surface area contributed by atoms with Crippen LogP contribution in [0.3, 0.4) is 0 Å². The van der Waals surface area contributed by atoms with E-state index in [0.29, 0.717) is 12.4 Å². The molecule has 1 aromatic carbocycles. The van der Waals surface area contributed by atoms with Gasteiger partial charge < -0.3 is 19.7 Å². The Morgan fingerprint density at radius 1 is 0.575 bits per heavy atom. The quantitative estimate of drug-likeness (QED) is 0.0633. The minimum absolute atomic E-state index is 0.000291. The van der Waals surface area contributed by atoms with Crippen molar-refractivity contribution in [1.29, 1.82) is 0 Å². The Balaban J connectivity index is 2.89. The van der Waals surface area contributed by atoms with Gasteiger partial charge in [0.05, 0.1) is 6.61 Å². The van der Waals surface area contributed by atoms with Crippen molar-refractivity contribution in [3.63, 3.8) is 0 Å². The lowest BCUT2D eigenvalue weighted by Crippen LogP contribution is -2.08. The van der Waals surface area contributed by atoms with Gasteiger partial charge in [-0.1, -0.05) is 143 Å². The van der Waals surface area contributed by atoms with E-state index in [1.165, 1.54) is 103 Å². The van der Waals surface area contributed by atoms with Crippen LogP contribution in [0, 0.1) is 0 Å². The molecular weight excluding hydrogens is 500 g/mol. The van der Waals surface area contributed by atoms with Crippen molar-refractivity contribution in [2.24, 2.45) is 0 Å². The minimum atomic E-state index is -1.41. The highest BCUT2D eigenvalue weighted by Gasteiger charge is 2.21. The van der Waals surface area contributed by atoms with E-state index in [0.717, 1.165) is 62.5 Å². The maximum atomic E-state index is 11.4. The van der Waals surface area contributed by atoms with Gasteiger partial charge in [-0.15, -0.1) is 0 Å². The highest BCUT2D eigenvalue weighted by Crippen LogP contribution is 2.41. The summed E-state index contributed by atoms with van der Waals surface area (Å²) in [6.07, 6.45) is 26.9. The second-order valence-electron chi connectivity index (χ2n) is 11.6. The molecule has 0 amide bonds. The van der Waals surface area contributed by atoms with E-state index < -0.39 is 6.16 Å². The van der Waals surface area contributed by atoms with Gasteiger partial charge in [-0.05, 0) is 32.1 Å². The standard InChI is InChI=1S/C35H62O5/c1-4-7-10-13-16-19-22-25-28-39-32-29-33(40-35(37)38)34(36)31(27-24-21-18-15-12-9-6-3)30(32)26-23-20-17-14-11-8-5-2/h29,36H,4-28H2,1-3H3,(H,37,38). The molecule has 0 saturated carbocycles. The van der Waals surface area contributed by atoms with E-state index in [4.69, 9.17) is 9.47 Å². The molecule has 0 fully saturated rings. The number of phenols is 1. The third kappa shape index (κ3) is 17.0. The second-order valence-corrected chi connectivity index (χ2v) is 11.6. The predicted molar refractivity (Wildman–Crippen MR) is 168 cm³/mol. The van der Waals surface area contributed by atoms with Crippen LogP contribution in [0.25, 0.3) is 0 Å². The van der Waals surface area contributed by atoms with Gasteiger partial charge in [-0.25, -0.2) is 4.79 Å². The molecular formula is C35H62O5. The number of rotatable bonds is 27. The Labute approximate surface area is 246 Å². The molecule has 5 nitrogen and oxygen atoms in total. The van der Waals surface area contributed by atoms with Crippen LogP contribution < -0.4 is 9.47 Å². The molecule has 0 bridgehead atoms. The number of phenolic OH excluding ortho intramolecular Hbond substituents is 1. The lowest BCUT2D eigenvalue weighted by Gasteiger charge is -2.19. The SMILES string of the molecule is CCCCCCCCCCOc1cc(OC(=O)O)c(O)c(CCCCCCCCC)c1CCCCCCCCC. The number of ether oxygens (including phenoxy) is 2. The number of carbonyl (C=O) groups is 1. The average molecular weight is 563 g/mol. The summed E-state index contributed by atoms with van der Waals surface area (Å²) in [4.78, 5) is 11.4. The number of hydrogen-bond donors (Lipinski definition) is 2. The third-order valence-electron chi connectivity index (χ3n) is 7.96. The minimum Gasteiger partial charge on any atom is -0.504 e. The zero-order valence-electron chi connectivity index (χ0n) is 26.4. The summed E-state index contributed by atoms with van der Waals surface area (Å²) in [6, 6.07) is 1.61. The first-order valence-electron chi connectivity index (χ1n) is 17.0. The van der Waals surface area contributed by atoms with Crippen molar-refractivity contribution in [2.75, 3.05) is 6.61 Å². The number of aromatic hydroxyl groups is 1. The summed E-state index contributed by atoms with van der Waals surface area (Å²) in [5, 5.41) is 20.4. The van der Waals surface area contributed by atoms with E-state index >= 15 is 0 Å². The topological polar surface area (TPSA) is 76.0 Å². The molecule has 40 heavy (non-hydrogen) atoms. The molecule has 0 aromatic heterocycles. The smallest absolute Gasteiger partial charge is 0.504 e. The van der Waals surface area contributed by atoms with E-state index in [-0.39, 0.29) is 11.5 Å². The predicted octanol–water partition coefficient (Wildman–Crippen LogP) is 11.6. The van der Waals surface area contributed by atoms with Gasteiger partial charge in [0.1, 0.15) is 5.75 Å². The third-order valence-corrected chi connectivity index (χ3v) is 7.96. The Kier molecular flexibility index (Phi) is 22.4. The number of hydrogen-bond acceptors (Lipinski definition) is 4. The van der Waals surface area contributed by atoms with Crippen molar-refractivity contribution in [3.8, 4) is 17.2 Å². The fourth-order valence-corrected chi connectivity index (χ4v) is 5.49. The first kappa shape index (κ1) is 36.1. The van der Waals surface area contributed by atoms with Crippen molar-refractivity contribution >= 4 is 6.16 Å². The zero-order chi connectivity index (χ0) is 29.3. The molecule has 0 heterocycles. The maximum absolute atomic E-state index is 11.4. The Hall–Kier alpha value is -1.91. The van der Waals surface area contributed by atoms with E-state index in [9.17, 15) is 15.0 Å². The Bertz CT molecular complexity index is 761. The van der Waals surface area contributed by atoms with Crippen LogP contribution in [0.1, 0.15) is 173 Å². The van der Waals surface area contributed by atoms with Gasteiger partial charge in [-0.3, -0.25) is 0 Å². The molecule has 0 saturated heterocycles. The number of benzene rings is 1. The van der Waals surface area contributed by atoms with Crippen LogP contribution in [0.15, 0.2) is 6.07 Å². The zero-order valence-corrected chi connectivity index (χ0v) is 26.4. The van der Waals surface area contributed by atoms with E-state index in [1.807, 2.05) is 0 Å². The van der Waals surface area contributed by atoms with E-state index in [2.05, 4.69) is 20.8 Å². The molecule has 0 aliphatic carbocycles. The fraction of sp³-hybridized carbons (Fsp3) is 0.800. The summed E-state index contributed by atoms with van der Waals surface area (Å²) in [5.41, 5.74) is 1.87. The molecule has 1 rings (SSSR count). The van der Waals surface area contributed by atoms with Gasteiger partial charge in [0.25, 0.3) is 0 Å². The highest BCUT2D eigenvalue weighted by atomic mass is 16.7. The highest BCUT2D eigenvalue weighted by molar-refractivity contribution is 5.66. The van der Waals surface area contributed by atoms with Crippen LogP contribution in [0.2, 0.25) is 0 Å². The molecule has 0 radical (unpaired) electrons. The van der Waals surface area contributed by atoms with Crippen molar-refractivity contribution in [3.05, 3.63) is 17.2 Å². The summed E-state index contributed by atoms with van der Waals surface area (Å²) in [5.74, 6) is 0.673. The Morgan fingerprint density at radius 3 is 1.43 bits per heavy atom. The van der Waals surface area contributed by atoms with E-state index in [1.54, 1.807) is 6.07 Å². The van der Waals surface area contributed by atoms with Gasteiger partial charge in [-0.2, -0.15) is 0 Å². The van der Waals surface area contributed by atoms with Crippen LogP contribution in [-0.4, -0.2) is 23.0 Å². The van der Waals surface area contributed by atoms with Crippen LogP contribution in [-0.2, 0) is 12.8 Å². The van der Waals surface area contributed by atoms with Gasteiger partial charge in [0.15, 0.2) is 11.5 Å². The summed E-state index contributed by atoms with van der Waals surface area (Å²) < 4.78 is 11.3. The van der Waals surface area contributed by atoms with Crippen molar-refractivity contribution < 1.29 is 24.5 Å². The lowest BCUT2D eigenvalue weighted by atomic mass is 9.94. The molecule has 0 aliphatic rings. The van der Waals surface area contributed by atoms with Crippen molar-refractivity contribution in [2.45, 2.75) is 175 Å². The average Bonchev–Trinajstić information content (AvgIpc) is 2.93. The second kappa shape index (κ2) is 24.9. The summed E-state index contributed by atoms with van der Waals surface area (Å²) in [7, 11) is 0. The summed E-state index contributed by atoms with van der Waals surface area (Å²) in [6.45, 7) is 7.32. The molecule has 0 spiro atoms. The summed E-state index contributed by atoms with van der Waals surface area (Å²) >= 11 is 0. The fourth-order valence-electron chi connectivity index (χ4n) is 5.49. The molecule has 1 aromatic rings. The number of carboxylic acid groups (broad SMARTS) is 1. The monoisotopic (exact) mass is 562 g/mol. The molecule has 5 heteroatoms. The lowest BCUT2D eigenvalue weighted by molar-refractivity contribution is 0.142. The molecule has 2 N–H and O–H groups in total. The molecule has 0 atom stereocenters. The first-order valence-corrected chi connectivity index (χ1v) is 17.0. The van der Waals surface area contributed by atoms with Crippen LogP contribution in [0.4, 0.5) is 4.79 Å². The normalized spacial score (nSPS) is 11.2. The number of unbranched alkanes of at least 4 members (excludes halogenated alkanes) is 19. The van der Waals surface area contributed by atoms with Gasteiger partial charge in [0, 0.05) is 17.2 Å². The maximum Gasteiger partial charge on any atom is 0.511 e.